The van der Waals surface area contributed by atoms with Crippen LogP contribution in [-0.4, -0.2) is 27.1 Å². The zero-order valence-corrected chi connectivity index (χ0v) is 14.3. The summed E-state index contributed by atoms with van der Waals surface area (Å²) >= 11 is 2.82. The van der Waals surface area contributed by atoms with Crippen molar-refractivity contribution in [2.75, 3.05) is 6.61 Å². The third-order valence-corrected chi connectivity index (χ3v) is 4.94. The average molecular weight is 339 g/mol. The highest BCUT2D eigenvalue weighted by molar-refractivity contribution is 7.98. The number of aromatic nitrogens is 3. The molecule has 0 bridgehead atoms. The number of carbonyl (C=O) groups excluding carboxylic acids is 1. The number of aryl methyl sites for hydroxylation is 1. The number of thiazole rings is 1. The first-order valence-corrected chi connectivity index (χ1v) is 8.73. The van der Waals surface area contributed by atoms with E-state index in [-0.39, 0.29) is 5.56 Å². The van der Waals surface area contributed by atoms with Crippen molar-refractivity contribution in [1.82, 2.24) is 14.5 Å². The summed E-state index contributed by atoms with van der Waals surface area (Å²) in [4.78, 5) is 32.1. The van der Waals surface area contributed by atoms with Crippen molar-refractivity contribution in [3.8, 4) is 0 Å². The molecule has 0 aliphatic rings. The number of esters is 1. The molecule has 2 heterocycles. The molecule has 0 aliphatic heterocycles. The van der Waals surface area contributed by atoms with Crippen molar-refractivity contribution >= 4 is 29.1 Å². The summed E-state index contributed by atoms with van der Waals surface area (Å²) in [6.45, 7) is 4.05. The summed E-state index contributed by atoms with van der Waals surface area (Å²) < 4.78 is 6.43. The highest BCUT2D eigenvalue weighted by atomic mass is 32.2. The van der Waals surface area contributed by atoms with Crippen molar-refractivity contribution in [2.45, 2.75) is 31.2 Å². The van der Waals surface area contributed by atoms with Gasteiger partial charge in [-0.1, -0.05) is 18.7 Å². The van der Waals surface area contributed by atoms with Crippen molar-refractivity contribution in [3.63, 3.8) is 0 Å². The van der Waals surface area contributed by atoms with Crippen LogP contribution in [0.25, 0.3) is 0 Å². The summed E-state index contributed by atoms with van der Waals surface area (Å²) in [7, 11) is 1.70. The first kappa shape index (κ1) is 16.7. The smallest absolute Gasteiger partial charge is 0.357 e. The molecule has 0 aliphatic carbocycles. The van der Waals surface area contributed by atoms with Crippen LogP contribution in [0.1, 0.15) is 35.0 Å². The second kappa shape index (κ2) is 7.55. The van der Waals surface area contributed by atoms with Gasteiger partial charge in [-0.25, -0.2) is 14.8 Å². The summed E-state index contributed by atoms with van der Waals surface area (Å²) in [5, 5.41) is 3.13. The fourth-order valence-corrected chi connectivity index (χ4v) is 3.46. The highest BCUT2D eigenvalue weighted by Gasteiger charge is 2.13. The van der Waals surface area contributed by atoms with Gasteiger partial charge in [-0.3, -0.25) is 9.36 Å². The topological polar surface area (TPSA) is 74.1 Å². The molecule has 2 rings (SSSR count). The minimum absolute atomic E-state index is 0.0688. The monoisotopic (exact) mass is 339 g/mol. The highest BCUT2D eigenvalue weighted by Crippen LogP contribution is 2.22. The van der Waals surface area contributed by atoms with Crippen molar-refractivity contribution in [3.05, 3.63) is 38.2 Å². The summed E-state index contributed by atoms with van der Waals surface area (Å²) in [5.74, 6) is 0.144. The third kappa shape index (κ3) is 3.95. The van der Waals surface area contributed by atoms with E-state index >= 15 is 0 Å². The molecule has 118 valence electrons. The van der Waals surface area contributed by atoms with Crippen LogP contribution in [0.3, 0.4) is 0 Å². The Morgan fingerprint density at radius 3 is 2.86 bits per heavy atom. The molecule has 22 heavy (non-hydrogen) atoms. The molecule has 0 atom stereocenters. The molecule has 2 aromatic heterocycles. The fraction of sp³-hybridized carbons (Fsp3) is 0.429. The van der Waals surface area contributed by atoms with Crippen LogP contribution in [0, 0.1) is 0 Å². The molecule has 0 saturated carbocycles. The lowest BCUT2D eigenvalue weighted by Gasteiger charge is -2.07. The Balaban J connectivity index is 2.09. The van der Waals surface area contributed by atoms with Crippen LogP contribution in [0.15, 0.2) is 21.4 Å². The van der Waals surface area contributed by atoms with Crippen LogP contribution in [0.4, 0.5) is 0 Å². The van der Waals surface area contributed by atoms with E-state index in [9.17, 15) is 9.59 Å². The van der Waals surface area contributed by atoms with E-state index < -0.39 is 5.97 Å². The molecule has 0 unspecified atom stereocenters. The van der Waals surface area contributed by atoms with E-state index in [1.54, 1.807) is 25.4 Å². The van der Waals surface area contributed by atoms with E-state index in [0.717, 1.165) is 10.7 Å². The van der Waals surface area contributed by atoms with Crippen molar-refractivity contribution in [2.24, 2.45) is 7.05 Å². The summed E-state index contributed by atoms with van der Waals surface area (Å²) in [6, 6.07) is 1.55. The van der Waals surface area contributed by atoms with Gasteiger partial charge in [0.2, 0.25) is 0 Å². The van der Waals surface area contributed by atoms with Crippen molar-refractivity contribution < 1.29 is 9.53 Å². The van der Waals surface area contributed by atoms with E-state index in [0.29, 0.717) is 29.6 Å². The predicted molar refractivity (Wildman–Crippen MR) is 86.5 cm³/mol. The third-order valence-electron chi connectivity index (χ3n) is 2.87. The Hall–Kier alpha value is -1.67. The maximum atomic E-state index is 11.8. The maximum absolute atomic E-state index is 11.8. The molecule has 0 aromatic carbocycles. The van der Waals surface area contributed by atoms with E-state index in [4.69, 9.17) is 4.74 Å². The first-order valence-electron chi connectivity index (χ1n) is 6.86. The Morgan fingerprint density at radius 2 is 2.18 bits per heavy atom. The second-order valence-electron chi connectivity index (χ2n) is 4.42. The maximum Gasteiger partial charge on any atom is 0.357 e. The lowest BCUT2D eigenvalue weighted by atomic mass is 10.3. The van der Waals surface area contributed by atoms with Crippen LogP contribution < -0.4 is 5.56 Å². The zero-order chi connectivity index (χ0) is 16.1. The molecule has 8 heteroatoms. The van der Waals surface area contributed by atoms with Gasteiger partial charge in [-0.05, 0) is 13.3 Å². The number of carbonyl (C=O) groups is 1. The Kier molecular flexibility index (Phi) is 5.73. The first-order chi connectivity index (χ1) is 10.5. The Labute approximate surface area is 136 Å². The van der Waals surface area contributed by atoms with Gasteiger partial charge in [0.15, 0.2) is 10.9 Å². The van der Waals surface area contributed by atoms with Crippen LogP contribution in [0.2, 0.25) is 0 Å². The minimum atomic E-state index is -0.409. The summed E-state index contributed by atoms with van der Waals surface area (Å²) in [6.07, 6.45) is 0.716. The van der Waals surface area contributed by atoms with E-state index in [1.165, 1.54) is 27.7 Å². The standard InChI is InChI=1S/C14H17N3O3S2/c1-4-9-6-12(18)17(3)14(15-9)22-8-11-16-10(7-21-11)13(19)20-5-2/h6-7H,4-5,8H2,1-3H3. The lowest BCUT2D eigenvalue weighted by Crippen LogP contribution is -2.20. The number of hydrogen-bond donors (Lipinski definition) is 0. The fourth-order valence-electron chi connectivity index (χ4n) is 1.68. The van der Waals surface area contributed by atoms with Crippen molar-refractivity contribution in [1.29, 1.82) is 0 Å². The largest absolute Gasteiger partial charge is 0.461 e. The summed E-state index contributed by atoms with van der Waals surface area (Å²) in [5.41, 5.74) is 1.03. The molecule has 0 spiro atoms. The molecule has 0 fully saturated rings. The molecule has 0 saturated heterocycles. The number of hydrogen-bond acceptors (Lipinski definition) is 7. The lowest BCUT2D eigenvalue weighted by molar-refractivity contribution is 0.0520. The van der Waals surface area contributed by atoms with Gasteiger partial charge in [-0.15, -0.1) is 11.3 Å². The molecule has 0 radical (unpaired) electrons. The Morgan fingerprint density at radius 1 is 1.41 bits per heavy atom. The molecule has 0 N–H and O–H groups in total. The van der Waals surface area contributed by atoms with Gasteiger partial charge in [0.25, 0.3) is 5.56 Å². The van der Waals surface area contributed by atoms with Gasteiger partial charge >= 0.3 is 5.97 Å². The average Bonchev–Trinajstić information content (AvgIpc) is 2.98. The number of thioether (sulfide) groups is 1. The Bertz CT molecular complexity index is 724. The molecular weight excluding hydrogens is 322 g/mol. The van der Waals surface area contributed by atoms with Crippen LogP contribution >= 0.6 is 23.1 Å². The van der Waals surface area contributed by atoms with E-state index in [2.05, 4.69) is 9.97 Å². The second-order valence-corrected chi connectivity index (χ2v) is 6.30. The number of rotatable bonds is 6. The number of nitrogens with zero attached hydrogens (tertiary/aromatic N) is 3. The molecule has 6 nitrogen and oxygen atoms in total. The van der Waals surface area contributed by atoms with Gasteiger partial charge in [0, 0.05) is 24.2 Å². The van der Waals surface area contributed by atoms with Gasteiger partial charge in [-0.2, -0.15) is 0 Å². The molecular formula is C14H17N3O3S2. The van der Waals surface area contributed by atoms with Crippen LogP contribution in [-0.2, 0) is 24.0 Å². The molecule has 0 amide bonds. The zero-order valence-electron chi connectivity index (χ0n) is 12.7. The van der Waals surface area contributed by atoms with Crippen LogP contribution in [0.5, 0.6) is 0 Å². The van der Waals surface area contributed by atoms with E-state index in [1.807, 2.05) is 6.92 Å². The normalized spacial score (nSPS) is 10.7. The van der Waals surface area contributed by atoms with Gasteiger partial charge in [0.05, 0.1) is 12.4 Å². The van der Waals surface area contributed by atoms with Gasteiger partial charge in [0.1, 0.15) is 5.01 Å². The SMILES string of the molecule is CCOC(=O)c1csc(CSc2nc(CC)cc(=O)n2C)n1. The predicted octanol–water partition coefficient (Wildman–Crippen LogP) is 2.27. The van der Waals surface area contributed by atoms with Gasteiger partial charge < -0.3 is 4.74 Å². The number of ether oxygens (including phenoxy) is 1. The molecule has 2 aromatic rings. The quantitative estimate of drug-likeness (QED) is 0.457. The minimum Gasteiger partial charge on any atom is -0.461 e.